The predicted molar refractivity (Wildman–Crippen MR) is 63.2 cm³/mol. The lowest BCUT2D eigenvalue weighted by molar-refractivity contribution is 0.681. The third kappa shape index (κ3) is 4.02. The van der Waals surface area contributed by atoms with E-state index in [1.54, 1.807) is 6.33 Å². The molecule has 0 saturated heterocycles. The van der Waals surface area contributed by atoms with E-state index in [0.29, 0.717) is 5.92 Å². The van der Waals surface area contributed by atoms with Crippen molar-refractivity contribution in [2.75, 3.05) is 0 Å². The van der Waals surface area contributed by atoms with Crippen LogP contribution in [0.2, 0.25) is 0 Å². The molecule has 3 nitrogen and oxygen atoms in total. The Hall–Kier alpha value is -1.51. The van der Waals surface area contributed by atoms with Gasteiger partial charge in [-0.05, 0) is 12.0 Å². The molecule has 0 saturated carbocycles. The molecular formula is C12H19N3. The molecular weight excluding hydrogens is 186 g/mol. The SMILES string of the molecule is C=C/C(=C\C(C)CC)NCc1cnc[nH]1. The molecule has 0 amide bonds. The minimum Gasteiger partial charge on any atom is -0.380 e. The van der Waals surface area contributed by atoms with Gasteiger partial charge in [-0.25, -0.2) is 4.98 Å². The molecule has 0 aliphatic carbocycles. The van der Waals surface area contributed by atoms with Crippen LogP contribution in [0, 0.1) is 5.92 Å². The van der Waals surface area contributed by atoms with E-state index in [-0.39, 0.29) is 0 Å². The maximum absolute atomic E-state index is 3.96. The van der Waals surface area contributed by atoms with Gasteiger partial charge in [-0.1, -0.05) is 32.9 Å². The van der Waals surface area contributed by atoms with Gasteiger partial charge in [0.15, 0.2) is 0 Å². The van der Waals surface area contributed by atoms with Crippen LogP contribution in [-0.2, 0) is 6.54 Å². The van der Waals surface area contributed by atoms with Crippen LogP contribution in [0.3, 0.4) is 0 Å². The number of rotatable bonds is 6. The first-order valence-corrected chi connectivity index (χ1v) is 5.31. The van der Waals surface area contributed by atoms with E-state index >= 15 is 0 Å². The van der Waals surface area contributed by atoms with Crippen LogP contribution in [-0.4, -0.2) is 9.97 Å². The molecule has 82 valence electrons. The number of imidazole rings is 1. The van der Waals surface area contributed by atoms with E-state index in [9.17, 15) is 0 Å². The number of aromatic nitrogens is 2. The molecule has 2 N–H and O–H groups in total. The summed E-state index contributed by atoms with van der Waals surface area (Å²) < 4.78 is 0. The van der Waals surface area contributed by atoms with E-state index in [2.05, 4.69) is 41.8 Å². The molecule has 0 aromatic carbocycles. The molecule has 0 fully saturated rings. The van der Waals surface area contributed by atoms with Gasteiger partial charge in [0.05, 0.1) is 18.6 Å². The van der Waals surface area contributed by atoms with Crippen molar-refractivity contribution in [2.24, 2.45) is 5.92 Å². The minimum atomic E-state index is 0.576. The molecule has 0 bridgehead atoms. The van der Waals surface area contributed by atoms with Crippen molar-refractivity contribution in [2.45, 2.75) is 26.8 Å². The Morgan fingerprint density at radius 3 is 3.07 bits per heavy atom. The van der Waals surface area contributed by atoms with Gasteiger partial charge in [0.1, 0.15) is 0 Å². The zero-order valence-corrected chi connectivity index (χ0v) is 9.46. The normalized spacial score (nSPS) is 13.6. The largest absolute Gasteiger partial charge is 0.380 e. The second kappa shape index (κ2) is 6.06. The first kappa shape index (κ1) is 11.6. The van der Waals surface area contributed by atoms with E-state index in [0.717, 1.165) is 24.4 Å². The van der Waals surface area contributed by atoms with Crippen molar-refractivity contribution in [3.05, 3.63) is 42.6 Å². The Morgan fingerprint density at radius 1 is 1.73 bits per heavy atom. The summed E-state index contributed by atoms with van der Waals surface area (Å²) in [5, 5.41) is 3.31. The Balaban J connectivity index is 2.47. The van der Waals surface area contributed by atoms with Crippen LogP contribution in [0.25, 0.3) is 0 Å². The highest BCUT2D eigenvalue weighted by Gasteiger charge is 1.97. The maximum atomic E-state index is 3.96. The van der Waals surface area contributed by atoms with Crippen LogP contribution >= 0.6 is 0 Å². The molecule has 1 aromatic heterocycles. The number of nitrogens with zero attached hydrogens (tertiary/aromatic N) is 1. The van der Waals surface area contributed by atoms with E-state index in [1.807, 2.05) is 12.3 Å². The smallest absolute Gasteiger partial charge is 0.0922 e. The molecule has 0 radical (unpaired) electrons. The highest BCUT2D eigenvalue weighted by atomic mass is 14.9. The maximum Gasteiger partial charge on any atom is 0.0922 e. The molecule has 1 aromatic rings. The molecule has 15 heavy (non-hydrogen) atoms. The summed E-state index contributed by atoms with van der Waals surface area (Å²) in [5.41, 5.74) is 2.16. The van der Waals surface area contributed by atoms with Gasteiger partial charge in [0.25, 0.3) is 0 Å². The van der Waals surface area contributed by atoms with Crippen LogP contribution in [0.1, 0.15) is 26.0 Å². The molecule has 1 unspecified atom stereocenters. The Bertz CT molecular complexity index is 312. The molecule has 3 heteroatoms. The van der Waals surface area contributed by atoms with E-state index < -0.39 is 0 Å². The average molecular weight is 205 g/mol. The van der Waals surface area contributed by atoms with Crippen LogP contribution < -0.4 is 5.32 Å². The summed E-state index contributed by atoms with van der Waals surface area (Å²) in [5.74, 6) is 0.576. The third-order valence-corrected chi connectivity index (χ3v) is 2.37. The van der Waals surface area contributed by atoms with Crippen LogP contribution in [0.5, 0.6) is 0 Å². The van der Waals surface area contributed by atoms with E-state index in [1.165, 1.54) is 0 Å². The van der Waals surface area contributed by atoms with Gasteiger partial charge >= 0.3 is 0 Å². The summed E-state index contributed by atoms with van der Waals surface area (Å²) in [6, 6.07) is 0. The van der Waals surface area contributed by atoms with Crippen molar-refractivity contribution >= 4 is 0 Å². The van der Waals surface area contributed by atoms with Crippen molar-refractivity contribution in [1.29, 1.82) is 0 Å². The molecule has 1 atom stereocenters. The summed E-state index contributed by atoms with van der Waals surface area (Å²) >= 11 is 0. The number of hydrogen-bond acceptors (Lipinski definition) is 2. The van der Waals surface area contributed by atoms with Crippen molar-refractivity contribution < 1.29 is 0 Å². The first-order chi connectivity index (χ1) is 7.26. The summed E-state index contributed by atoms with van der Waals surface area (Å²) in [4.78, 5) is 7.01. The Morgan fingerprint density at radius 2 is 2.53 bits per heavy atom. The van der Waals surface area contributed by atoms with Crippen LogP contribution in [0.15, 0.2) is 37.0 Å². The average Bonchev–Trinajstić information content (AvgIpc) is 2.76. The van der Waals surface area contributed by atoms with Crippen molar-refractivity contribution in [3.63, 3.8) is 0 Å². The Labute approximate surface area is 91.3 Å². The lowest BCUT2D eigenvalue weighted by Gasteiger charge is -2.08. The summed E-state index contributed by atoms with van der Waals surface area (Å²) in [6.45, 7) is 8.92. The second-order valence-corrected chi connectivity index (χ2v) is 3.64. The molecule has 0 spiro atoms. The van der Waals surface area contributed by atoms with Gasteiger partial charge in [0.2, 0.25) is 0 Å². The van der Waals surface area contributed by atoms with Gasteiger partial charge < -0.3 is 10.3 Å². The van der Waals surface area contributed by atoms with Crippen molar-refractivity contribution in [1.82, 2.24) is 15.3 Å². The standard InChI is InChI=1S/C12H19N3/c1-4-10(3)6-11(5-2)14-8-12-7-13-9-15-12/h5-7,9-10,14H,2,4,8H2,1,3H3,(H,13,15)/b11-6+. The lowest BCUT2D eigenvalue weighted by Crippen LogP contribution is -2.12. The monoisotopic (exact) mass is 205 g/mol. The highest BCUT2D eigenvalue weighted by molar-refractivity contribution is 5.15. The van der Waals surface area contributed by atoms with Gasteiger partial charge in [-0.3, -0.25) is 0 Å². The topological polar surface area (TPSA) is 40.7 Å². The Kier molecular flexibility index (Phi) is 4.68. The third-order valence-electron chi connectivity index (χ3n) is 2.37. The fraction of sp³-hybridized carbons (Fsp3) is 0.417. The number of allylic oxidation sites excluding steroid dienone is 2. The number of H-pyrrole nitrogens is 1. The molecule has 1 heterocycles. The molecule has 0 aliphatic heterocycles. The lowest BCUT2D eigenvalue weighted by atomic mass is 10.1. The predicted octanol–water partition coefficient (Wildman–Crippen LogP) is 2.62. The zero-order valence-electron chi connectivity index (χ0n) is 9.46. The van der Waals surface area contributed by atoms with E-state index in [4.69, 9.17) is 0 Å². The molecule has 1 rings (SSSR count). The fourth-order valence-electron chi connectivity index (χ4n) is 1.20. The number of hydrogen-bond donors (Lipinski definition) is 2. The highest BCUT2D eigenvalue weighted by Crippen LogP contribution is 2.06. The number of aromatic amines is 1. The van der Waals surface area contributed by atoms with Crippen LogP contribution in [0.4, 0.5) is 0 Å². The first-order valence-electron chi connectivity index (χ1n) is 5.31. The van der Waals surface area contributed by atoms with Crippen molar-refractivity contribution in [3.8, 4) is 0 Å². The van der Waals surface area contributed by atoms with Gasteiger partial charge in [-0.15, -0.1) is 0 Å². The number of nitrogens with one attached hydrogen (secondary N) is 2. The minimum absolute atomic E-state index is 0.576. The van der Waals surface area contributed by atoms with Gasteiger partial charge in [-0.2, -0.15) is 0 Å². The zero-order chi connectivity index (χ0) is 11.1. The summed E-state index contributed by atoms with van der Waals surface area (Å²) in [6.07, 6.45) is 8.69. The fourth-order valence-corrected chi connectivity index (χ4v) is 1.20. The summed E-state index contributed by atoms with van der Waals surface area (Å²) in [7, 11) is 0. The van der Waals surface area contributed by atoms with Gasteiger partial charge in [0, 0.05) is 11.9 Å². The second-order valence-electron chi connectivity index (χ2n) is 3.64. The quantitative estimate of drug-likeness (QED) is 0.701. The molecule has 0 aliphatic rings.